The van der Waals surface area contributed by atoms with Crippen LogP contribution in [0.25, 0.3) is 10.2 Å². The van der Waals surface area contributed by atoms with Gasteiger partial charge in [-0.15, -0.1) is 11.3 Å². The smallest absolute Gasteiger partial charge is 0.224 e. The van der Waals surface area contributed by atoms with Crippen molar-refractivity contribution in [3.05, 3.63) is 17.6 Å². The van der Waals surface area contributed by atoms with Crippen molar-refractivity contribution in [3.63, 3.8) is 0 Å². The third-order valence-electron chi connectivity index (χ3n) is 3.04. The SMILES string of the molecule is CN1CCOC(CNc2ncc3ccsc3n2)C1. The van der Waals surface area contributed by atoms with Crippen molar-refractivity contribution in [1.82, 2.24) is 14.9 Å². The molecule has 0 aliphatic carbocycles. The molecule has 6 heteroatoms. The Morgan fingerprint density at radius 1 is 1.61 bits per heavy atom. The predicted octanol–water partition coefficient (Wildman–Crippen LogP) is 1.43. The summed E-state index contributed by atoms with van der Waals surface area (Å²) < 4.78 is 5.69. The molecule has 0 spiro atoms. The molecular formula is C12H16N4OS. The highest BCUT2D eigenvalue weighted by molar-refractivity contribution is 7.16. The summed E-state index contributed by atoms with van der Waals surface area (Å²) in [5.41, 5.74) is 0. The molecule has 1 unspecified atom stereocenters. The van der Waals surface area contributed by atoms with Crippen LogP contribution in [0.15, 0.2) is 17.6 Å². The summed E-state index contributed by atoms with van der Waals surface area (Å²) in [6, 6.07) is 2.03. The van der Waals surface area contributed by atoms with Crippen molar-refractivity contribution in [2.45, 2.75) is 6.10 Å². The number of fused-ring (bicyclic) bond motifs is 1. The van der Waals surface area contributed by atoms with Crippen LogP contribution in [0.1, 0.15) is 0 Å². The third kappa shape index (κ3) is 2.60. The summed E-state index contributed by atoms with van der Waals surface area (Å²) in [7, 11) is 2.11. The second-order valence-electron chi connectivity index (χ2n) is 4.51. The molecule has 1 saturated heterocycles. The van der Waals surface area contributed by atoms with Gasteiger partial charge in [-0.1, -0.05) is 0 Å². The van der Waals surface area contributed by atoms with Gasteiger partial charge in [0.2, 0.25) is 5.95 Å². The number of thiophene rings is 1. The molecule has 3 heterocycles. The number of hydrogen-bond donors (Lipinski definition) is 1. The Kier molecular flexibility index (Phi) is 3.40. The first-order valence-electron chi connectivity index (χ1n) is 6.05. The number of anilines is 1. The highest BCUT2D eigenvalue weighted by atomic mass is 32.1. The van der Waals surface area contributed by atoms with Gasteiger partial charge in [-0.25, -0.2) is 9.97 Å². The lowest BCUT2D eigenvalue weighted by atomic mass is 10.3. The molecule has 0 saturated carbocycles. The molecule has 2 aromatic rings. The van der Waals surface area contributed by atoms with E-state index in [1.165, 1.54) is 0 Å². The molecule has 0 aromatic carbocycles. The summed E-state index contributed by atoms with van der Waals surface area (Å²) in [5, 5.41) is 6.38. The second-order valence-corrected chi connectivity index (χ2v) is 5.41. The van der Waals surface area contributed by atoms with Crippen molar-refractivity contribution in [2.24, 2.45) is 0 Å². The first-order valence-corrected chi connectivity index (χ1v) is 6.93. The van der Waals surface area contributed by atoms with Gasteiger partial charge in [-0.3, -0.25) is 0 Å². The first-order chi connectivity index (χ1) is 8.81. The van der Waals surface area contributed by atoms with Crippen LogP contribution < -0.4 is 5.32 Å². The minimum absolute atomic E-state index is 0.214. The van der Waals surface area contributed by atoms with E-state index in [2.05, 4.69) is 27.2 Å². The monoisotopic (exact) mass is 264 g/mol. The molecule has 18 heavy (non-hydrogen) atoms. The van der Waals surface area contributed by atoms with E-state index in [0.717, 1.165) is 36.5 Å². The second kappa shape index (κ2) is 5.17. The molecule has 1 aliphatic rings. The molecule has 0 amide bonds. The number of morpholine rings is 1. The normalized spacial score (nSPS) is 21.3. The quantitative estimate of drug-likeness (QED) is 0.909. The Bertz CT molecular complexity index is 530. The Morgan fingerprint density at radius 3 is 3.44 bits per heavy atom. The van der Waals surface area contributed by atoms with Gasteiger partial charge in [0.1, 0.15) is 4.83 Å². The largest absolute Gasteiger partial charge is 0.374 e. The fourth-order valence-corrected chi connectivity index (χ4v) is 2.78. The zero-order chi connectivity index (χ0) is 12.4. The highest BCUT2D eigenvalue weighted by Crippen LogP contribution is 2.18. The number of likely N-dealkylation sites (N-methyl/N-ethyl adjacent to an activating group) is 1. The average molecular weight is 264 g/mol. The molecule has 2 aromatic heterocycles. The van der Waals surface area contributed by atoms with Gasteiger partial charge in [-0.05, 0) is 18.5 Å². The maximum absolute atomic E-state index is 5.69. The van der Waals surface area contributed by atoms with E-state index < -0.39 is 0 Å². The number of ether oxygens (including phenoxy) is 1. The fourth-order valence-electron chi connectivity index (χ4n) is 2.04. The number of nitrogens with one attached hydrogen (secondary N) is 1. The van der Waals surface area contributed by atoms with Crippen molar-refractivity contribution in [1.29, 1.82) is 0 Å². The molecule has 0 bridgehead atoms. The van der Waals surface area contributed by atoms with Crippen LogP contribution in [0.2, 0.25) is 0 Å². The lowest BCUT2D eigenvalue weighted by Crippen LogP contribution is -2.43. The standard InChI is InChI=1S/C12H16N4OS/c1-16-3-4-17-10(8-16)7-14-12-13-6-9-2-5-18-11(9)15-12/h2,5-6,10H,3-4,7-8H2,1H3,(H,13,14,15). The van der Waals surface area contributed by atoms with Crippen LogP contribution >= 0.6 is 11.3 Å². The van der Waals surface area contributed by atoms with Crippen LogP contribution in [0, 0.1) is 0 Å². The number of hydrogen-bond acceptors (Lipinski definition) is 6. The predicted molar refractivity (Wildman–Crippen MR) is 73.1 cm³/mol. The third-order valence-corrected chi connectivity index (χ3v) is 3.86. The van der Waals surface area contributed by atoms with Gasteiger partial charge < -0.3 is 15.0 Å². The Labute approximate surface area is 110 Å². The van der Waals surface area contributed by atoms with Gasteiger partial charge in [0, 0.05) is 31.2 Å². The van der Waals surface area contributed by atoms with E-state index in [0.29, 0.717) is 5.95 Å². The van der Waals surface area contributed by atoms with Crippen molar-refractivity contribution >= 4 is 27.5 Å². The van der Waals surface area contributed by atoms with Gasteiger partial charge in [-0.2, -0.15) is 0 Å². The van der Waals surface area contributed by atoms with E-state index in [9.17, 15) is 0 Å². The molecule has 1 fully saturated rings. The molecule has 5 nitrogen and oxygen atoms in total. The van der Waals surface area contributed by atoms with Gasteiger partial charge in [0.25, 0.3) is 0 Å². The summed E-state index contributed by atoms with van der Waals surface area (Å²) in [4.78, 5) is 12.1. The van der Waals surface area contributed by atoms with E-state index in [4.69, 9.17) is 4.74 Å². The zero-order valence-corrected chi connectivity index (χ0v) is 11.1. The van der Waals surface area contributed by atoms with Crippen LogP contribution in [0.5, 0.6) is 0 Å². The zero-order valence-electron chi connectivity index (χ0n) is 10.3. The molecule has 96 valence electrons. The number of aromatic nitrogens is 2. The van der Waals surface area contributed by atoms with Crippen molar-refractivity contribution in [3.8, 4) is 0 Å². The van der Waals surface area contributed by atoms with Crippen LogP contribution in [-0.4, -0.2) is 54.3 Å². The van der Waals surface area contributed by atoms with E-state index in [1.54, 1.807) is 11.3 Å². The maximum atomic E-state index is 5.69. The fraction of sp³-hybridized carbons (Fsp3) is 0.500. The Balaban J connectivity index is 1.61. The van der Waals surface area contributed by atoms with Crippen LogP contribution in [0.3, 0.4) is 0 Å². The summed E-state index contributed by atoms with van der Waals surface area (Å²) >= 11 is 1.63. The highest BCUT2D eigenvalue weighted by Gasteiger charge is 2.17. The minimum atomic E-state index is 0.214. The summed E-state index contributed by atoms with van der Waals surface area (Å²) in [6.07, 6.45) is 2.07. The van der Waals surface area contributed by atoms with E-state index in [-0.39, 0.29) is 6.10 Å². The summed E-state index contributed by atoms with van der Waals surface area (Å²) in [6.45, 7) is 3.51. The van der Waals surface area contributed by atoms with Gasteiger partial charge in [0.15, 0.2) is 0 Å². The molecular weight excluding hydrogens is 248 g/mol. The Morgan fingerprint density at radius 2 is 2.56 bits per heavy atom. The van der Waals surface area contributed by atoms with E-state index >= 15 is 0 Å². The number of nitrogens with zero attached hydrogens (tertiary/aromatic N) is 3. The van der Waals surface area contributed by atoms with Gasteiger partial charge >= 0.3 is 0 Å². The Hall–Kier alpha value is -1.24. The van der Waals surface area contributed by atoms with E-state index in [1.807, 2.05) is 17.6 Å². The van der Waals surface area contributed by atoms with Crippen LogP contribution in [-0.2, 0) is 4.74 Å². The molecule has 0 radical (unpaired) electrons. The van der Waals surface area contributed by atoms with Crippen molar-refractivity contribution < 1.29 is 4.74 Å². The average Bonchev–Trinajstić information content (AvgIpc) is 2.84. The van der Waals surface area contributed by atoms with Crippen LogP contribution in [0.4, 0.5) is 5.95 Å². The number of rotatable bonds is 3. The van der Waals surface area contributed by atoms with Crippen molar-refractivity contribution in [2.75, 3.05) is 38.6 Å². The molecule has 1 N–H and O–H groups in total. The topological polar surface area (TPSA) is 50.3 Å². The molecule has 3 rings (SSSR count). The molecule has 1 atom stereocenters. The lowest BCUT2D eigenvalue weighted by molar-refractivity contribution is -0.0117. The van der Waals surface area contributed by atoms with Gasteiger partial charge in [0.05, 0.1) is 12.7 Å². The maximum Gasteiger partial charge on any atom is 0.224 e. The lowest BCUT2D eigenvalue weighted by Gasteiger charge is -2.30. The minimum Gasteiger partial charge on any atom is -0.374 e. The molecule has 1 aliphatic heterocycles. The first kappa shape index (κ1) is 11.8. The summed E-state index contributed by atoms with van der Waals surface area (Å²) in [5.74, 6) is 0.682.